The lowest BCUT2D eigenvalue weighted by atomic mass is 10.1. The normalized spacial score (nSPS) is 20.4. The van der Waals surface area contributed by atoms with Crippen LogP contribution < -0.4 is 5.32 Å². The number of nitrogens with zero attached hydrogens (tertiary/aromatic N) is 2. The highest BCUT2D eigenvalue weighted by Crippen LogP contribution is 2.10. The maximum Gasteiger partial charge on any atom is 0.107 e. The highest BCUT2D eigenvalue weighted by molar-refractivity contribution is 7.09. The molecule has 108 valence electrons. The van der Waals surface area contributed by atoms with Crippen LogP contribution in [0.4, 0.5) is 0 Å². The van der Waals surface area contributed by atoms with E-state index in [2.05, 4.69) is 15.2 Å². The third kappa shape index (κ3) is 5.16. The monoisotopic (exact) mass is 285 g/mol. The standard InChI is InChI=1S/C13H23N3O2S/c1-11-8-19-12(15-11)7-14-9-13(2,17)10-16-3-5-18-6-4-16/h8,14,17H,3-7,9-10H2,1-2H3. The largest absolute Gasteiger partial charge is 0.388 e. The van der Waals surface area contributed by atoms with Crippen molar-refractivity contribution < 1.29 is 9.84 Å². The Balaban J connectivity index is 1.70. The number of morpholine rings is 1. The molecule has 0 saturated carbocycles. The summed E-state index contributed by atoms with van der Waals surface area (Å²) < 4.78 is 5.31. The lowest BCUT2D eigenvalue weighted by molar-refractivity contribution is -0.0219. The van der Waals surface area contributed by atoms with Crippen molar-refractivity contribution in [3.05, 3.63) is 16.1 Å². The van der Waals surface area contributed by atoms with E-state index in [-0.39, 0.29) is 0 Å². The summed E-state index contributed by atoms with van der Waals surface area (Å²) in [5, 5.41) is 16.8. The predicted octanol–water partition coefficient (Wildman–Crippen LogP) is 0.624. The molecular weight excluding hydrogens is 262 g/mol. The van der Waals surface area contributed by atoms with Crippen LogP contribution in [0.15, 0.2) is 5.38 Å². The average Bonchev–Trinajstić information content (AvgIpc) is 2.75. The van der Waals surface area contributed by atoms with Crippen LogP contribution in [0.3, 0.4) is 0 Å². The van der Waals surface area contributed by atoms with E-state index in [1.54, 1.807) is 11.3 Å². The van der Waals surface area contributed by atoms with Crippen molar-refractivity contribution in [1.82, 2.24) is 15.2 Å². The minimum Gasteiger partial charge on any atom is -0.388 e. The molecule has 0 bridgehead atoms. The third-order valence-electron chi connectivity index (χ3n) is 3.12. The molecule has 1 aliphatic heterocycles. The maximum absolute atomic E-state index is 10.4. The van der Waals surface area contributed by atoms with Gasteiger partial charge in [0.2, 0.25) is 0 Å². The molecule has 0 spiro atoms. The number of aromatic nitrogens is 1. The minimum absolute atomic E-state index is 0.572. The maximum atomic E-state index is 10.4. The molecule has 1 aromatic heterocycles. The fourth-order valence-corrected chi connectivity index (χ4v) is 2.96. The number of hydrogen-bond donors (Lipinski definition) is 2. The highest BCUT2D eigenvalue weighted by atomic mass is 32.1. The van der Waals surface area contributed by atoms with E-state index in [0.717, 1.165) is 43.5 Å². The SMILES string of the molecule is Cc1csc(CNCC(C)(O)CN2CCOCC2)n1. The summed E-state index contributed by atoms with van der Waals surface area (Å²) in [6.07, 6.45) is 0. The van der Waals surface area contributed by atoms with E-state index in [0.29, 0.717) is 13.1 Å². The second-order valence-electron chi connectivity index (χ2n) is 5.37. The first-order valence-corrected chi connectivity index (χ1v) is 7.57. The second kappa shape index (κ2) is 6.76. The molecule has 0 radical (unpaired) electrons. The average molecular weight is 285 g/mol. The van der Waals surface area contributed by atoms with Crippen LogP contribution in [0.5, 0.6) is 0 Å². The summed E-state index contributed by atoms with van der Waals surface area (Å²) in [6.45, 7) is 9.19. The smallest absolute Gasteiger partial charge is 0.107 e. The zero-order valence-electron chi connectivity index (χ0n) is 11.7. The highest BCUT2D eigenvalue weighted by Gasteiger charge is 2.24. The number of thiazole rings is 1. The summed E-state index contributed by atoms with van der Waals surface area (Å²) in [4.78, 5) is 6.64. The fraction of sp³-hybridized carbons (Fsp3) is 0.769. The Labute approximate surface area is 118 Å². The molecule has 0 amide bonds. The zero-order valence-corrected chi connectivity index (χ0v) is 12.5. The van der Waals surface area contributed by atoms with E-state index in [9.17, 15) is 5.11 Å². The molecule has 6 heteroatoms. The van der Waals surface area contributed by atoms with Crippen molar-refractivity contribution in [2.45, 2.75) is 26.0 Å². The van der Waals surface area contributed by atoms with Crippen molar-refractivity contribution in [1.29, 1.82) is 0 Å². The molecule has 0 aliphatic carbocycles. The van der Waals surface area contributed by atoms with Crippen LogP contribution in [-0.4, -0.2) is 60.0 Å². The van der Waals surface area contributed by atoms with Crippen LogP contribution >= 0.6 is 11.3 Å². The van der Waals surface area contributed by atoms with Gasteiger partial charge < -0.3 is 15.2 Å². The van der Waals surface area contributed by atoms with E-state index < -0.39 is 5.60 Å². The second-order valence-corrected chi connectivity index (χ2v) is 6.31. The molecule has 1 aliphatic rings. The number of aryl methyl sites for hydroxylation is 1. The topological polar surface area (TPSA) is 57.6 Å². The summed E-state index contributed by atoms with van der Waals surface area (Å²) in [6, 6.07) is 0. The molecular formula is C13H23N3O2S. The summed E-state index contributed by atoms with van der Waals surface area (Å²) in [5.74, 6) is 0. The molecule has 1 saturated heterocycles. The van der Waals surface area contributed by atoms with Gasteiger partial charge in [-0.05, 0) is 13.8 Å². The number of hydrogen-bond acceptors (Lipinski definition) is 6. The number of aliphatic hydroxyl groups is 1. The molecule has 1 atom stereocenters. The summed E-state index contributed by atoms with van der Waals surface area (Å²) in [5.41, 5.74) is 0.339. The molecule has 5 nitrogen and oxygen atoms in total. The first-order valence-electron chi connectivity index (χ1n) is 6.69. The van der Waals surface area contributed by atoms with E-state index in [1.165, 1.54) is 0 Å². The van der Waals surface area contributed by atoms with Crippen LogP contribution in [0, 0.1) is 6.92 Å². The lowest BCUT2D eigenvalue weighted by Crippen LogP contribution is -2.50. The molecule has 1 unspecified atom stereocenters. The molecule has 2 heterocycles. The number of β-amino-alcohol motifs (C(OH)–C–C–N with tert-alkyl or cyclic N) is 1. The first kappa shape index (κ1) is 14.9. The van der Waals surface area contributed by atoms with Gasteiger partial charge in [0.15, 0.2) is 0 Å². The van der Waals surface area contributed by atoms with Gasteiger partial charge in [-0.3, -0.25) is 4.90 Å². The van der Waals surface area contributed by atoms with Gasteiger partial charge in [0.1, 0.15) is 5.01 Å². The van der Waals surface area contributed by atoms with Crippen LogP contribution in [0.2, 0.25) is 0 Å². The molecule has 2 rings (SSSR count). The van der Waals surface area contributed by atoms with Gasteiger partial charge >= 0.3 is 0 Å². The summed E-state index contributed by atoms with van der Waals surface area (Å²) >= 11 is 1.65. The zero-order chi connectivity index (χ0) is 13.7. The van der Waals surface area contributed by atoms with Gasteiger partial charge in [-0.25, -0.2) is 4.98 Å². The Morgan fingerprint density at radius 1 is 1.53 bits per heavy atom. The Kier molecular flexibility index (Phi) is 5.29. The van der Waals surface area contributed by atoms with Crippen molar-refractivity contribution in [3.8, 4) is 0 Å². The molecule has 2 N–H and O–H groups in total. The van der Waals surface area contributed by atoms with Gasteiger partial charge in [0.25, 0.3) is 0 Å². The Bertz CT molecular complexity index is 389. The first-order chi connectivity index (χ1) is 9.05. The van der Waals surface area contributed by atoms with Gasteiger partial charge in [-0.2, -0.15) is 0 Å². The van der Waals surface area contributed by atoms with E-state index in [4.69, 9.17) is 4.74 Å². The van der Waals surface area contributed by atoms with Gasteiger partial charge in [0.05, 0.1) is 18.8 Å². The van der Waals surface area contributed by atoms with Crippen molar-refractivity contribution >= 4 is 11.3 Å². The molecule has 1 aromatic rings. The molecule has 1 fully saturated rings. The number of ether oxygens (including phenoxy) is 1. The minimum atomic E-state index is -0.719. The molecule has 0 aromatic carbocycles. The number of nitrogens with one attached hydrogen (secondary N) is 1. The quantitative estimate of drug-likeness (QED) is 0.803. The summed E-state index contributed by atoms with van der Waals surface area (Å²) in [7, 11) is 0. The Morgan fingerprint density at radius 2 is 2.26 bits per heavy atom. The van der Waals surface area contributed by atoms with Gasteiger partial charge in [-0.1, -0.05) is 0 Å². The Morgan fingerprint density at radius 3 is 2.89 bits per heavy atom. The number of rotatable bonds is 6. The van der Waals surface area contributed by atoms with Crippen LogP contribution in [-0.2, 0) is 11.3 Å². The Hall–Kier alpha value is -0.530. The fourth-order valence-electron chi connectivity index (χ4n) is 2.22. The predicted molar refractivity (Wildman–Crippen MR) is 76.4 cm³/mol. The van der Waals surface area contributed by atoms with Crippen LogP contribution in [0.1, 0.15) is 17.6 Å². The van der Waals surface area contributed by atoms with Crippen LogP contribution in [0.25, 0.3) is 0 Å². The van der Waals surface area contributed by atoms with Crippen molar-refractivity contribution in [2.75, 3.05) is 39.4 Å². The van der Waals surface area contributed by atoms with Gasteiger partial charge in [0, 0.05) is 43.8 Å². The van der Waals surface area contributed by atoms with Crippen molar-refractivity contribution in [3.63, 3.8) is 0 Å². The third-order valence-corrected chi connectivity index (χ3v) is 4.08. The lowest BCUT2D eigenvalue weighted by Gasteiger charge is -2.33. The van der Waals surface area contributed by atoms with Gasteiger partial charge in [-0.15, -0.1) is 11.3 Å². The van der Waals surface area contributed by atoms with Crippen molar-refractivity contribution in [2.24, 2.45) is 0 Å². The molecule has 19 heavy (non-hydrogen) atoms. The van der Waals surface area contributed by atoms with E-state index in [1.807, 2.05) is 19.2 Å². The van der Waals surface area contributed by atoms with E-state index >= 15 is 0 Å².